The summed E-state index contributed by atoms with van der Waals surface area (Å²) < 4.78 is 5.56. The van der Waals surface area contributed by atoms with Gasteiger partial charge in [-0.2, -0.15) is 5.26 Å². The Labute approximate surface area is 170 Å². The number of piperazine rings is 1. The first-order valence-corrected chi connectivity index (χ1v) is 10.0. The Morgan fingerprint density at radius 1 is 1.14 bits per heavy atom. The number of piperidine rings is 1. The van der Waals surface area contributed by atoms with Gasteiger partial charge < -0.3 is 24.8 Å². The number of urea groups is 1. The van der Waals surface area contributed by atoms with Gasteiger partial charge in [0, 0.05) is 45.5 Å². The molecule has 0 spiro atoms. The molecule has 1 N–H and O–H groups in total. The number of hydrogen-bond acceptors (Lipinski definition) is 5. The van der Waals surface area contributed by atoms with E-state index in [1.807, 2.05) is 46.3 Å². The van der Waals surface area contributed by atoms with Gasteiger partial charge in [0.1, 0.15) is 12.7 Å². The van der Waals surface area contributed by atoms with Crippen molar-refractivity contribution in [1.29, 1.82) is 5.26 Å². The molecule has 2 atom stereocenters. The van der Waals surface area contributed by atoms with E-state index in [4.69, 9.17) is 4.74 Å². The number of morpholine rings is 1. The Morgan fingerprint density at radius 3 is 2.62 bits per heavy atom. The molecule has 0 unspecified atom stereocenters. The highest BCUT2D eigenvalue weighted by Gasteiger charge is 2.37. The molecule has 0 saturated carbocycles. The Balaban J connectivity index is 1.32. The van der Waals surface area contributed by atoms with Gasteiger partial charge in [-0.05, 0) is 12.0 Å². The van der Waals surface area contributed by atoms with Gasteiger partial charge >= 0.3 is 6.03 Å². The number of fused-ring (bicyclic) bond motifs is 1. The number of ether oxygens (including phenoxy) is 1. The molecule has 3 amide bonds. The third-order valence-electron chi connectivity index (χ3n) is 5.70. The zero-order valence-electron chi connectivity index (χ0n) is 16.3. The summed E-state index contributed by atoms with van der Waals surface area (Å²) in [5, 5.41) is 12.4. The summed E-state index contributed by atoms with van der Waals surface area (Å²) in [7, 11) is 0. The van der Waals surface area contributed by atoms with E-state index in [9.17, 15) is 14.9 Å². The number of likely N-dealkylation sites (tertiary alicyclic amines) is 1. The van der Waals surface area contributed by atoms with E-state index in [1.165, 1.54) is 0 Å². The molecule has 8 nitrogen and oxygen atoms in total. The van der Waals surface area contributed by atoms with Crippen LogP contribution < -0.4 is 5.32 Å². The van der Waals surface area contributed by atoms with Crippen LogP contribution in [0.5, 0.6) is 0 Å². The van der Waals surface area contributed by atoms with Gasteiger partial charge in [-0.1, -0.05) is 30.3 Å². The first-order chi connectivity index (χ1) is 14.1. The maximum absolute atomic E-state index is 12.9. The fraction of sp³-hybridized carbons (Fsp3) is 0.476. The van der Waals surface area contributed by atoms with E-state index in [0.717, 1.165) is 12.0 Å². The summed E-state index contributed by atoms with van der Waals surface area (Å²) in [5.74, 6) is -0.118. The number of nitrogens with zero attached hydrogens (tertiary/aromatic N) is 4. The Kier molecular flexibility index (Phi) is 5.67. The van der Waals surface area contributed by atoms with Crippen LogP contribution in [-0.4, -0.2) is 84.7 Å². The van der Waals surface area contributed by atoms with Crippen molar-refractivity contribution in [3.63, 3.8) is 0 Å². The van der Waals surface area contributed by atoms with Crippen LogP contribution >= 0.6 is 0 Å². The SMILES string of the molecule is N#C/C(=C\N1CCN(C(=O)N2CC[C@H]3OCC(=O)N[C@H]3C2)CC1)c1ccccc1. The first-order valence-electron chi connectivity index (χ1n) is 10.0. The third kappa shape index (κ3) is 4.35. The fourth-order valence-corrected chi connectivity index (χ4v) is 4.08. The molecular formula is C21H25N5O3. The van der Waals surface area contributed by atoms with E-state index in [2.05, 4.69) is 16.3 Å². The maximum Gasteiger partial charge on any atom is 0.320 e. The number of allylic oxidation sites excluding steroid dienone is 1. The maximum atomic E-state index is 12.9. The predicted octanol–water partition coefficient (Wildman–Crippen LogP) is 0.878. The monoisotopic (exact) mass is 395 g/mol. The van der Waals surface area contributed by atoms with Gasteiger partial charge in [-0.25, -0.2) is 4.79 Å². The molecule has 0 aliphatic carbocycles. The Morgan fingerprint density at radius 2 is 1.90 bits per heavy atom. The van der Waals surface area contributed by atoms with Crippen molar-refractivity contribution < 1.29 is 14.3 Å². The van der Waals surface area contributed by atoms with Crippen molar-refractivity contribution in [2.75, 3.05) is 45.9 Å². The summed E-state index contributed by atoms with van der Waals surface area (Å²) in [6.07, 6.45) is 2.63. The molecule has 3 fully saturated rings. The number of carbonyl (C=O) groups excluding carboxylic acids is 2. The van der Waals surface area contributed by atoms with Gasteiger partial charge in [0.2, 0.25) is 5.91 Å². The lowest BCUT2D eigenvalue weighted by atomic mass is 10.0. The van der Waals surface area contributed by atoms with Gasteiger partial charge in [0.15, 0.2) is 0 Å². The summed E-state index contributed by atoms with van der Waals surface area (Å²) >= 11 is 0. The second-order valence-corrected chi connectivity index (χ2v) is 7.58. The van der Waals surface area contributed by atoms with Crippen LogP contribution in [-0.2, 0) is 9.53 Å². The van der Waals surface area contributed by atoms with Crippen molar-refractivity contribution >= 4 is 17.5 Å². The molecule has 29 heavy (non-hydrogen) atoms. The van der Waals surface area contributed by atoms with Crippen molar-refractivity contribution in [1.82, 2.24) is 20.0 Å². The molecule has 8 heteroatoms. The summed E-state index contributed by atoms with van der Waals surface area (Å²) in [6.45, 7) is 3.82. The van der Waals surface area contributed by atoms with E-state index in [0.29, 0.717) is 44.8 Å². The first kappa shape index (κ1) is 19.3. The van der Waals surface area contributed by atoms with E-state index in [1.54, 1.807) is 0 Å². The molecule has 0 radical (unpaired) electrons. The van der Waals surface area contributed by atoms with Crippen LogP contribution in [0.2, 0.25) is 0 Å². The minimum absolute atomic E-state index is 0.00104. The number of amides is 3. The van der Waals surface area contributed by atoms with Crippen molar-refractivity contribution in [3.05, 3.63) is 42.1 Å². The topological polar surface area (TPSA) is 88.9 Å². The molecule has 4 rings (SSSR count). The molecule has 0 aromatic heterocycles. The zero-order valence-corrected chi connectivity index (χ0v) is 16.3. The average molecular weight is 395 g/mol. The Bertz CT molecular complexity index is 826. The number of benzene rings is 1. The summed E-state index contributed by atoms with van der Waals surface area (Å²) in [4.78, 5) is 30.2. The molecule has 3 aliphatic rings. The second-order valence-electron chi connectivity index (χ2n) is 7.58. The lowest BCUT2D eigenvalue weighted by Gasteiger charge is -2.43. The average Bonchev–Trinajstić information content (AvgIpc) is 2.77. The van der Waals surface area contributed by atoms with Crippen molar-refractivity contribution in [3.8, 4) is 6.07 Å². The minimum Gasteiger partial charge on any atom is -0.373 e. The number of nitrogens with one attached hydrogen (secondary N) is 1. The molecular weight excluding hydrogens is 370 g/mol. The van der Waals surface area contributed by atoms with Crippen LogP contribution in [0.3, 0.4) is 0 Å². The molecule has 1 aromatic carbocycles. The molecule has 3 saturated heterocycles. The highest BCUT2D eigenvalue weighted by Crippen LogP contribution is 2.20. The smallest absolute Gasteiger partial charge is 0.320 e. The van der Waals surface area contributed by atoms with E-state index >= 15 is 0 Å². The largest absolute Gasteiger partial charge is 0.373 e. The molecule has 0 bridgehead atoms. The van der Waals surface area contributed by atoms with Gasteiger partial charge in [0.05, 0.1) is 17.7 Å². The van der Waals surface area contributed by atoms with Crippen LogP contribution in [0, 0.1) is 11.3 Å². The lowest BCUT2D eigenvalue weighted by Crippen LogP contribution is -2.63. The van der Waals surface area contributed by atoms with Crippen molar-refractivity contribution in [2.24, 2.45) is 0 Å². The molecule has 3 aliphatic heterocycles. The standard InChI is InChI=1S/C21H25N5O3/c22-12-17(16-4-2-1-3-5-16)13-24-8-10-25(11-9-24)21(28)26-7-6-19-18(14-26)23-20(27)15-29-19/h1-5,13,18-19H,6-11,14-15H2,(H,23,27)/b17-13+/t18-,19+/m0/s1. The quantitative estimate of drug-likeness (QED) is 0.751. The van der Waals surface area contributed by atoms with Crippen LogP contribution in [0.15, 0.2) is 36.5 Å². The fourth-order valence-electron chi connectivity index (χ4n) is 4.08. The minimum atomic E-state index is -0.123. The number of hydrogen-bond donors (Lipinski definition) is 1. The molecule has 152 valence electrons. The van der Waals surface area contributed by atoms with Crippen LogP contribution in [0.25, 0.3) is 5.57 Å². The molecule has 1 aromatic rings. The third-order valence-corrected chi connectivity index (χ3v) is 5.70. The van der Waals surface area contributed by atoms with Gasteiger partial charge in [-0.3, -0.25) is 4.79 Å². The Hall–Kier alpha value is -3.05. The second kappa shape index (κ2) is 8.53. The predicted molar refractivity (Wildman–Crippen MR) is 106 cm³/mol. The van der Waals surface area contributed by atoms with Crippen LogP contribution in [0.1, 0.15) is 12.0 Å². The van der Waals surface area contributed by atoms with E-state index < -0.39 is 0 Å². The number of rotatable bonds is 2. The van der Waals surface area contributed by atoms with Crippen molar-refractivity contribution in [2.45, 2.75) is 18.6 Å². The summed E-state index contributed by atoms with van der Waals surface area (Å²) in [5.41, 5.74) is 1.52. The highest BCUT2D eigenvalue weighted by atomic mass is 16.5. The molecule has 3 heterocycles. The number of nitriles is 1. The van der Waals surface area contributed by atoms with Gasteiger partial charge in [-0.15, -0.1) is 0 Å². The lowest BCUT2D eigenvalue weighted by molar-refractivity contribution is -0.139. The van der Waals surface area contributed by atoms with E-state index in [-0.39, 0.29) is 30.7 Å². The van der Waals surface area contributed by atoms with Crippen LogP contribution in [0.4, 0.5) is 4.79 Å². The summed E-state index contributed by atoms with van der Waals surface area (Å²) in [6, 6.07) is 11.8. The van der Waals surface area contributed by atoms with Gasteiger partial charge in [0.25, 0.3) is 0 Å². The zero-order chi connectivity index (χ0) is 20.2. The number of carbonyl (C=O) groups is 2. The highest BCUT2D eigenvalue weighted by molar-refractivity contribution is 5.79. The normalized spacial score (nSPS) is 25.1.